The molecular formula is C12H13ClFN3O3. The molecule has 20 heavy (non-hydrogen) atoms. The number of amides is 2. The summed E-state index contributed by atoms with van der Waals surface area (Å²) >= 11 is 5.75. The van der Waals surface area contributed by atoms with Crippen LogP contribution in [0, 0.1) is 5.82 Å². The predicted octanol–water partition coefficient (Wildman–Crippen LogP) is 1.75. The molecule has 1 aliphatic rings. The Morgan fingerprint density at radius 1 is 1.45 bits per heavy atom. The van der Waals surface area contributed by atoms with Gasteiger partial charge >= 0.3 is 6.09 Å². The van der Waals surface area contributed by atoms with Crippen molar-refractivity contribution in [2.45, 2.75) is 18.9 Å². The second-order valence-electron chi connectivity index (χ2n) is 4.51. The molecule has 1 aromatic rings. The molecule has 0 bridgehead atoms. The molecular weight excluding hydrogens is 289 g/mol. The molecule has 8 heteroatoms. The minimum absolute atomic E-state index is 0.0210. The van der Waals surface area contributed by atoms with Crippen molar-refractivity contribution >= 4 is 23.6 Å². The van der Waals surface area contributed by atoms with Gasteiger partial charge in [-0.3, -0.25) is 4.79 Å². The highest BCUT2D eigenvalue weighted by Gasteiger charge is 2.24. The topological polar surface area (TPSA) is 82.5 Å². The van der Waals surface area contributed by atoms with Crippen molar-refractivity contribution < 1.29 is 19.1 Å². The fourth-order valence-electron chi connectivity index (χ4n) is 2.06. The molecule has 0 aliphatic carbocycles. The summed E-state index contributed by atoms with van der Waals surface area (Å²) in [6.07, 6.45) is 0.994. The Bertz CT molecular complexity index is 533. The van der Waals surface area contributed by atoms with Crippen LogP contribution in [0.5, 0.6) is 0 Å². The molecule has 1 aliphatic heterocycles. The molecule has 0 atom stereocenters. The number of hydrogen-bond acceptors (Lipinski definition) is 3. The van der Waals surface area contributed by atoms with Crippen LogP contribution in [0.25, 0.3) is 0 Å². The van der Waals surface area contributed by atoms with Gasteiger partial charge in [-0.25, -0.2) is 14.2 Å². The zero-order valence-corrected chi connectivity index (χ0v) is 11.2. The Morgan fingerprint density at radius 2 is 2.10 bits per heavy atom. The normalized spacial score (nSPS) is 16.0. The monoisotopic (exact) mass is 301 g/mol. The Labute approximate surface area is 119 Å². The molecule has 6 nitrogen and oxygen atoms in total. The van der Waals surface area contributed by atoms with Gasteiger partial charge in [-0.2, -0.15) is 0 Å². The van der Waals surface area contributed by atoms with E-state index in [4.69, 9.17) is 16.7 Å². The molecule has 0 aromatic carbocycles. The third-order valence-corrected chi connectivity index (χ3v) is 3.45. The molecule has 0 saturated carbocycles. The Morgan fingerprint density at radius 3 is 2.70 bits per heavy atom. The largest absolute Gasteiger partial charge is 0.465 e. The van der Waals surface area contributed by atoms with E-state index in [1.165, 1.54) is 4.90 Å². The molecule has 1 saturated heterocycles. The van der Waals surface area contributed by atoms with Gasteiger partial charge in [0.1, 0.15) is 11.0 Å². The van der Waals surface area contributed by atoms with Crippen molar-refractivity contribution in [1.29, 1.82) is 0 Å². The van der Waals surface area contributed by atoms with Gasteiger partial charge in [-0.1, -0.05) is 11.6 Å². The van der Waals surface area contributed by atoms with E-state index >= 15 is 0 Å². The first-order valence-electron chi connectivity index (χ1n) is 6.07. The number of nitrogens with one attached hydrogen (secondary N) is 1. The summed E-state index contributed by atoms with van der Waals surface area (Å²) < 4.78 is 13.1. The van der Waals surface area contributed by atoms with Crippen molar-refractivity contribution in [2.75, 3.05) is 13.1 Å². The van der Waals surface area contributed by atoms with Gasteiger partial charge in [0, 0.05) is 19.1 Å². The zero-order valence-electron chi connectivity index (χ0n) is 10.5. The molecule has 2 heterocycles. The fourth-order valence-corrected chi connectivity index (χ4v) is 2.25. The number of halogens is 2. The smallest absolute Gasteiger partial charge is 0.407 e. The zero-order chi connectivity index (χ0) is 14.7. The quantitative estimate of drug-likeness (QED) is 0.815. The van der Waals surface area contributed by atoms with Crippen molar-refractivity contribution in [2.24, 2.45) is 0 Å². The average molecular weight is 302 g/mol. The number of carbonyl (C=O) groups excluding carboxylic acids is 1. The Balaban J connectivity index is 1.96. The SMILES string of the molecule is O=C(NC1CCN(C(=O)O)CC1)c1cc(F)cnc1Cl. The maximum Gasteiger partial charge on any atom is 0.407 e. The number of rotatable bonds is 2. The summed E-state index contributed by atoms with van der Waals surface area (Å²) in [5, 5.41) is 11.5. The van der Waals surface area contributed by atoms with Gasteiger partial charge in [-0.05, 0) is 18.9 Å². The Hall–Kier alpha value is -1.89. The highest BCUT2D eigenvalue weighted by Crippen LogP contribution is 2.16. The highest BCUT2D eigenvalue weighted by molar-refractivity contribution is 6.32. The molecule has 0 spiro atoms. The maximum absolute atomic E-state index is 13.1. The summed E-state index contributed by atoms with van der Waals surface area (Å²) in [5.74, 6) is -1.14. The number of nitrogens with zero attached hydrogens (tertiary/aromatic N) is 2. The molecule has 108 valence electrons. The van der Waals surface area contributed by atoms with Crippen LogP contribution in [0.15, 0.2) is 12.3 Å². The third kappa shape index (κ3) is 3.36. The van der Waals surface area contributed by atoms with Crippen molar-refractivity contribution in [3.05, 3.63) is 28.8 Å². The van der Waals surface area contributed by atoms with E-state index in [1.54, 1.807) is 0 Å². The van der Waals surface area contributed by atoms with Crippen LogP contribution in [-0.4, -0.2) is 46.1 Å². The molecule has 0 unspecified atom stereocenters. The minimum Gasteiger partial charge on any atom is -0.465 e. The van der Waals surface area contributed by atoms with Crippen LogP contribution in [0.2, 0.25) is 5.15 Å². The van der Waals surface area contributed by atoms with Gasteiger partial charge in [-0.15, -0.1) is 0 Å². The van der Waals surface area contributed by atoms with E-state index in [-0.39, 0.29) is 16.8 Å². The van der Waals surface area contributed by atoms with E-state index < -0.39 is 17.8 Å². The van der Waals surface area contributed by atoms with Gasteiger partial charge in [0.05, 0.1) is 11.8 Å². The highest BCUT2D eigenvalue weighted by atomic mass is 35.5. The number of pyridine rings is 1. The number of carbonyl (C=O) groups is 2. The lowest BCUT2D eigenvalue weighted by atomic mass is 10.0. The molecule has 0 radical (unpaired) electrons. The number of aromatic nitrogens is 1. The Kier molecular flexibility index (Phi) is 4.39. The lowest BCUT2D eigenvalue weighted by molar-refractivity contribution is 0.0906. The van der Waals surface area contributed by atoms with E-state index in [2.05, 4.69) is 10.3 Å². The van der Waals surface area contributed by atoms with E-state index in [0.717, 1.165) is 12.3 Å². The van der Waals surface area contributed by atoms with Crippen LogP contribution in [0.1, 0.15) is 23.2 Å². The van der Waals surface area contributed by atoms with Crippen LogP contribution >= 0.6 is 11.6 Å². The molecule has 2 rings (SSSR count). The number of carboxylic acid groups (broad SMARTS) is 1. The lowest BCUT2D eigenvalue weighted by Gasteiger charge is -2.30. The van der Waals surface area contributed by atoms with Crippen molar-refractivity contribution in [1.82, 2.24) is 15.2 Å². The minimum atomic E-state index is -0.966. The first kappa shape index (κ1) is 14.5. The predicted molar refractivity (Wildman–Crippen MR) is 69.3 cm³/mol. The second-order valence-corrected chi connectivity index (χ2v) is 4.87. The number of likely N-dealkylation sites (tertiary alicyclic amines) is 1. The van der Waals surface area contributed by atoms with Crippen LogP contribution in [0.3, 0.4) is 0 Å². The van der Waals surface area contributed by atoms with Crippen LogP contribution in [0.4, 0.5) is 9.18 Å². The molecule has 2 amide bonds. The van der Waals surface area contributed by atoms with Crippen LogP contribution < -0.4 is 5.32 Å². The summed E-state index contributed by atoms with van der Waals surface area (Å²) in [5.41, 5.74) is -0.0210. The first-order valence-corrected chi connectivity index (χ1v) is 6.45. The molecule has 2 N–H and O–H groups in total. The summed E-state index contributed by atoms with van der Waals surface area (Å²) in [6, 6.07) is 0.870. The lowest BCUT2D eigenvalue weighted by Crippen LogP contribution is -2.46. The first-order chi connectivity index (χ1) is 9.47. The van der Waals surface area contributed by atoms with Gasteiger partial charge in [0.2, 0.25) is 0 Å². The fraction of sp³-hybridized carbons (Fsp3) is 0.417. The summed E-state index contributed by atoms with van der Waals surface area (Å²) in [7, 11) is 0. The van der Waals surface area contributed by atoms with Crippen molar-refractivity contribution in [3.8, 4) is 0 Å². The maximum atomic E-state index is 13.1. The molecule has 1 aromatic heterocycles. The van der Waals surface area contributed by atoms with Gasteiger partial charge in [0.25, 0.3) is 5.91 Å². The third-order valence-electron chi connectivity index (χ3n) is 3.15. The summed E-state index contributed by atoms with van der Waals surface area (Å²) in [6.45, 7) is 0.713. The average Bonchev–Trinajstić information content (AvgIpc) is 2.42. The van der Waals surface area contributed by atoms with Crippen LogP contribution in [-0.2, 0) is 0 Å². The van der Waals surface area contributed by atoms with Crippen molar-refractivity contribution in [3.63, 3.8) is 0 Å². The molecule has 1 fully saturated rings. The number of hydrogen-bond donors (Lipinski definition) is 2. The second kappa shape index (κ2) is 6.04. The van der Waals surface area contributed by atoms with E-state index in [0.29, 0.717) is 25.9 Å². The summed E-state index contributed by atoms with van der Waals surface area (Å²) in [4.78, 5) is 27.6. The van der Waals surface area contributed by atoms with E-state index in [9.17, 15) is 14.0 Å². The number of piperidine rings is 1. The standard InChI is InChI=1S/C12H13ClFN3O3/c13-10-9(5-7(14)6-15-10)11(18)16-8-1-3-17(4-2-8)12(19)20/h5-6,8H,1-4H2,(H,16,18)(H,19,20). The van der Waals surface area contributed by atoms with Gasteiger partial charge < -0.3 is 15.3 Å². The van der Waals surface area contributed by atoms with E-state index in [1.807, 2.05) is 0 Å². The van der Waals surface area contributed by atoms with Gasteiger partial charge in [0.15, 0.2) is 0 Å².